The van der Waals surface area contributed by atoms with Crippen molar-refractivity contribution in [3.05, 3.63) is 62.2 Å². The van der Waals surface area contributed by atoms with Crippen molar-refractivity contribution in [3.63, 3.8) is 0 Å². The van der Waals surface area contributed by atoms with E-state index in [0.29, 0.717) is 28.7 Å². The van der Waals surface area contributed by atoms with Crippen LogP contribution < -0.4 is 5.32 Å². The Morgan fingerprint density at radius 2 is 2.20 bits per heavy atom. The number of allylic oxidation sites excluding steroid dienone is 1. The quantitative estimate of drug-likeness (QED) is 0.819. The van der Waals surface area contributed by atoms with Gasteiger partial charge in [0.25, 0.3) is 0 Å². The molecule has 0 saturated carbocycles. The Balaban J connectivity index is 2.08. The van der Waals surface area contributed by atoms with Crippen LogP contribution in [-0.4, -0.2) is 23.4 Å². The molecule has 7 heteroatoms. The molecule has 1 atom stereocenters. The number of esters is 1. The monoisotopic (exact) mass is 375 g/mol. The SMILES string of the molecule is CCOC(=O)C1=C(C)NC(c2csc(C)n2)=N[C@H]1c1cccc(Cl)c1. The molecule has 1 N–H and O–H groups in total. The fraction of sp³-hybridized carbons (Fsp3) is 0.278. The summed E-state index contributed by atoms with van der Waals surface area (Å²) in [4.78, 5) is 21.7. The summed E-state index contributed by atoms with van der Waals surface area (Å²) in [6.45, 7) is 5.88. The van der Waals surface area contributed by atoms with Gasteiger partial charge in [0, 0.05) is 16.1 Å². The molecule has 0 fully saturated rings. The summed E-state index contributed by atoms with van der Waals surface area (Å²) >= 11 is 7.69. The molecule has 3 rings (SSSR count). The highest BCUT2D eigenvalue weighted by molar-refractivity contribution is 7.09. The van der Waals surface area contributed by atoms with Crippen LogP contribution in [-0.2, 0) is 9.53 Å². The second-order valence-corrected chi connectivity index (χ2v) is 7.07. The molecular weight excluding hydrogens is 358 g/mol. The molecule has 1 aromatic heterocycles. The molecule has 0 bridgehead atoms. The average Bonchev–Trinajstić information content (AvgIpc) is 3.00. The lowest BCUT2D eigenvalue weighted by atomic mass is 9.96. The van der Waals surface area contributed by atoms with Gasteiger partial charge in [-0.3, -0.25) is 4.99 Å². The van der Waals surface area contributed by atoms with Crippen molar-refractivity contribution in [1.29, 1.82) is 0 Å². The number of aliphatic imine (C=N–C) groups is 1. The number of nitrogens with one attached hydrogen (secondary N) is 1. The van der Waals surface area contributed by atoms with Crippen LogP contribution in [0.25, 0.3) is 0 Å². The third kappa shape index (κ3) is 3.75. The standard InChI is InChI=1S/C18H18ClN3O2S/c1-4-24-18(23)15-10(2)20-17(14-9-25-11(3)21-14)22-16(15)12-6-5-7-13(19)8-12/h5-9,16H,4H2,1-3H3,(H,20,22)/t16-/m0/s1. The lowest BCUT2D eigenvalue weighted by Crippen LogP contribution is -2.33. The Bertz CT molecular complexity index is 873. The highest BCUT2D eigenvalue weighted by Crippen LogP contribution is 2.33. The number of rotatable bonds is 4. The molecule has 0 radical (unpaired) electrons. The Kier molecular flexibility index (Phi) is 5.20. The van der Waals surface area contributed by atoms with Gasteiger partial charge in [0.2, 0.25) is 0 Å². The van der Waals surface area contributed by atoms with Crippen molar-refractivity contribution in [2.24, 2.45) is 4.99 Å². The van der Waals surface area contributed by atoms with Gasteiger partial charge in [-0.15, -0.1) is 11.3 Å². The maximum absolute atomic E-state index is 12.5. The largest absolute Gasteiger partial charge is 0.463 e. The highest BCUT2D eigenvalue weighted by Gasteiger charge is 2.31. The summed E-state index contributed by atoms with van der Waals surface area (Å²) in [6.07, 6.45) is 0. The van der Waals surface area contributed by atoms with Crippen LogP contribution in [0.1, 0.15) is 36.2 Å². The number of ether oxygens (including phenoxy) is 1. The summed E-state index contributed by atoms with van der Waals surface area (Å²) in [7, 11) is 0. The predicted molar refractivity (Wildman–Crippen MR) is 100 cm³/mol. The van der Waals surface area contributed by atoms with E-state index >= 15 is 0 Å². The number of aryl methyl sites for hydroxylation is 1. The van der Waals surface area contributed by atoms with Crippen molar-refractivity contribution in [3.8, 4) is 0 Å². The number of hydrogen-bond acceptors (Lipinski definition) is 6. The van der Waals surface area contributed by atoms with Crippen LogP contribution in [0.4, 0.5) is 0 Å². The van der Waals surface area contributed by atoms with Crippen LogP contribution >= 0.6 is 22.9 Å². The first-order valence-electron chi connectivity index (χ1n) is 7.90. The zero-order valence-corrected chi connectivity index (χ0v) is 15.7. The number of carbonyl (C=O) groups is 1. The van der Waals surface area contributed by atoms with Crippen LogP contribution in [0.15, 0.2) is 45.9 Å². The molecule has 0 amide bonds. The Labute approximate surface area is 155 Å². The Morgan fingerprint density at radius 3 is 2.84 bits per heavy atom. The Hall–Kier alpha value is -2.18. The molecular formula is C18H18ClN3O2S. The van der Waals surface area contributed by atoms with Gasteiger partial charge in [0.05, 0.1) is 17.2 Å². The van der Waals surface area contributed by atoms with Gasteiger partial charge in [0.15, 0.2) is 5.84 Å². The normalized spacial score (nSPS) is 17.1. The maximum atomic E-state index is 12.5. The molecule has 1 aromatic carbocycles. The molecule has 25 heavy (non-hydrogen) atoms. The fourth-order valence-electron chi connectivity index (χ4n) is 2.67. The first-order chi connectivity index (χ1) is 12.0. The molecule has 0 saturated heterocycles. The van der Waals surface area contributed by atoms with Crippen LogP contribution in [0, 0.1) is 6.92 Å². The lowest BCUT2D eigenvalue weighted by molar-refractivity contribution is -0.138. The van der Waals surface area contributed by atoms with E-state index in [1.54, 1.807) is 24.3 Å². The van der Waals surface area contributed by atoms with Gasteiger partial charge in [-0.2, -0.15) is 0 Å². The predicted octanol–water partition coefficient (Wildman–Crippen LogP) is 4.03. The summed E-state index contributed by atoms with van der Waals surface area (Å²) in [5.41, 5.74) is 2.79. The molecule has 2 aromatic rings. The molecule has 0 unspecified atom stereocenters. The van der Waals surface area contributed by atoms with Crippen LogP contribution in [0.2, 0.25) is 5.02 Å². The number of benzene rings is 1. The van der Waals surface area contributed by atoms with Crippen molar-refractivity contribution < 1.29 is 9.53 Å². The summed E-state index contributed by atoms with van der Waals surface area (Å²) in [5.74, 6) is 0.259. The summed E-state index contributed by atoms with van der Waals surface area (Å²) in [6, 6.07) is 6.87. The summed E-state index contributed by atoms with van der Waals surface area (Å²) in [5, 5.41) is 6.68. The van der Waals surface area contributed by atoms with Gasteiger partial charge < -0.3 is 10.1 Å². The van der Waals surface area contributed by atoms with Gasteiger partial charge >= 0.3 is 5.97 Å². The third-order valence-electron chi connectivity index (χ3n) is 3.76. The van der Waals surface area contributed by atoms with Crippen molar-refractivity contribution in [1.82, 2.24) is 10.3 Å². The van der Waals surface area contributed by atoms with Crippen molar-refractivity contribution in [2.45, 2.75) is 26.8 Å². The van der Waals surface area contributed by atoms with E-state index in [4.69, 9.17) is 21.3 Å². The summed E-state index contributed by atoms with van der Waals surface area (Å²) < 4.78 is 5.23. The number of carbonyl (C=O) groups excluding carboxylic acids is 1. The topological polar surface area (TPSA) is 63.6 Å². The number of halogens is 1. The van der Waals surface area contributed by atoms with Crippen molar-refractivity contribution >= 4 is 34.7 Å². The zero-order chi connectivity index (χ0) is 18.0. The molecule has 130 valence electrons. The minimum absolute atomic E-state index is 0.305. The number of amidine groups is 1. The van der Waals surface area contributed by atoms with E-state index in [1.807, 2.05) is 37.4 Å². The van der Waals surface area contributed by atoms with Gasteiger partial charge in [-0.05, 0) is 38.5 Å². The smallest absolute Gasteiger partial charge is 0.338 e. The molecule has 5 nitrogen and oxygen atoms in total. The fourth-order valence-corrected chi connectivity index (χ4v) is 3.47. The minimum atomic E-state index is -0.490. The first-order valence-corrected chi connectivity index (χ1v) is 9.16. The second kappa shape index (κ2) is 7.37. The lowest BCUT2D eigenvalue weighted by Gasteiger charge is -2.25. The molecule has 2 heterocycles. The van der Waals surface area contributed by atoms with Gasteiger partial charge in [-0.1, -0.05) is 23.7 Å². The zero-order valence-electron chi connectivity index (χ0n) is 14.2. The van der Waals surface area contributed by atoms with Crippen molar-refractivity contribution in [2.75, 3.05) is 6.61 Å². The second-order valence-electron chi connectivity index (χ2n) is 5.57. The van der Waals surface area contributed by atoms with Crippen LogP contribution in [0.3, 0.4) is 0 Å². The van der Waals surface area contributed by atoms with Gasteiger partial charge in [-0.25, -0.2) is 9.78 Å². The number of aromatic nitrogens is 1. The number of nitrogens with zero attached hydrogens (tertiary/aromatic N) is 2. The van der Waals surface area contributed by atoms with E-state index in [2.05, 4.69) is 10.3 Å². The van der Waals surface area contributed by atoms with Crippen LogP contribution in [0.5, 0.6) is 0 Å². The molecule has 0 aliphatic carbocycles. The average molecular weight is 376 g/mol. The minimum Gasteiger partial charge on any atom is -0.463 e. The molecule has 1 aliphatic rings. The first kappa shape index (κ1) is 17.6. The van der Waals surface area contributed by atoms with E-state index in [9.17, 15) is 4.79 Å². The Morgan fingerprint density at radius 1 is 1.40 bits per heavy atom. The molecule has 0 spiro atoms. The number of thiazole rings is 1. The maximum Gasteiger partial charge on any atom is 0.338 e. The van der Waals surface area contributed by atoms with E-state index in [1.165, 1.54) is 0 Å². The third-order valence-corrected chi connectivity index (χ3v) is 4.77. The van der Waals surface area contributed by atoms with Gasteiger partial charge in [0.1, 0.15) is 11.7 Å². The van der Waals surface area contributed by atoms with E-state index < -0.39 is 6.04 Å². The highest BCUT2D eigenvalue weighted by atomic mass is 35.5. The number of hydrogen-bond donors (Lipinski definition) is 1. The van der Waals surface area contributed by atoms with E-state index in [-0.39, 0.29) is 5.97 Å². The van der Waals surface area contributed by atoms with E-state index in [0.717, 1.165) is 16.3 Å². The molecule has 1 aliphatic heterocycles.